The van der Waals surface area contributed by atoms with Crippen LogP contribution in [0.2, 0.25) is 0 Å². The zero-order valence-electron chi connectivity index (χ0n) is 8.84. The molecule has 0 fully saturated rings. The second kappa shape index (κ2) is 14.0. The number of hydrogen-bond acceptors (Lipinski definition) is 2. The molecular weight excluding hydrogens is 164 g/mol. The number of aliphatic hydroxyl groups excluding tert-OH is 2. The standard InChI is InChI=1S/C6H14O2.C5H8/c7-5-3-1-2-4-6-8;1-4-5(2)3/h7-8H,1-6H2;1H2,2-3H3. The van der Waals surface area contributed by atoms with E-state index in [9.17, 15) is 0 Å². The maximum Gasteiger partial charge on any atom is 0.0431 e. The molecule has 0 aliphatic heterocycles. The maximum atomic E-state index is 8.30. The Hall–Kier alpha value is -0.560. The molecule has 13 heavy (non-hydrogen) atoms. The third kappa shape index (κ3) is 24.6. The minimum atomic E-state index is 0.283. The van der Waals surface area contributed by atoms with Crippen molar-refractivity contribution in [2.24, 2.45) is 0 Å². The molecule has 2 heteroatoms. The molecule has 0 saturated carbocycles. The third-order valence-electron chi connectivity index (χ3n) is 1.42. The minimum absolute atomic E-state index is 0.283. The molecule has 0 bridgehead atoms. The summed E-state index contributed by atoms with van der Waals surface area (Å²) in [7, 11) is 0. The first-order valence-corrected chi connectivity index (χ1v) is 4.74. The fourth-order valence-electron chi connectivity index (χ4n) is 0.577. The Balaban J connectivity index is 0. The summed E-state index contributed by atoms with van der Waals surface area (Å²) in [6, 6.07) is 0. The largest absolute Gasteiger partial charge is 0.396 e. The van der Waals surface area contributed by atoms with E-state index in [0.717, 1.165) is 31.3 Å². The van der Waals surface area contributed by atoms with Gasteiger partial charge in [-0.05, 0) is 32.3 Å². The Labute approximate surface area is 81.6 Å². The van der Waals surface area contributed by atoms with Crippen molar-refractivity contribution in [1.82, 2.24) is 0 Å². The van der Waals surface area contributed by atoms with E-state index in [0.29, 0.717) is 0 Å². The van der Waals surface area contributed by atoms with Crippen LogP contribution in [0.4, 0.5) is 0 Å². The average Bonchev–Trinajstić information content (AvgIpc) is 2.14. The van der Waals surface area contributed by atoms with Crippen molar-refractivity contribution >= 4 is 0 Å². The Morgan fingerprint density at radius 1 is 1.00 bits per heavy atom. The van der Waals surface area contributed by atoms with Gasteiger partial charge in [-0.1, -0.05) is 19.4 Å². The minimum Gasteiger partial charge on any atom is -0.396 e. The van der Waals surface area contributed by atoms with Crippen LogP contribution >= 0.6 is 0 Å². The zero-order valence-corrected chi connectivity index (χ0v) is 8.84. The zero-order chi connectivity index (χ0) is 10.5. The number of aliphatic hydroxyl groups is 2. The van der Waals surface area contributed by atoms with Crippen molar-refractivity contribution in [2.45, 2.75) is 39.5 Å². The van der Waals surface area contributed by atoms with Gasteiger partial charge in [-0.15, -0.1) is 5.73 Å². The van der Waals surface area contributed by atoms with Gasteiger partial charge in [-0.2, -0.15) is 0 Å². The van der Waals surface area contributed by atoms with Gasteiger partial charge in [0.25, 0.3) is 0 Å². The van der Waals surface area contributed by atoms with Crippen LogP contribution in [0.3, 0.4) is 0 Å². The smallest absolute Gasteiger partial charge is 0.0431 e. The van der Waals surface area contributed by atoms with Gasteiger partial charge in [-0.25, -0.2) is 0 Å². The van der Waals surface area contributed by atoms with E-state index in [1.807, 2.05) is 13.8 Å². The normalized spacial score (nSPS) is 8.31. The summed E-state index contributed by atoms with van der Waals surface area (Å²) < 4.78 is 0. The molecule has 0 aliphatic rings. The van der Waals surface area contributed by atoms with Crippen LogP contribution in [0, 0.1) is 0 Å². The molecule has 2 N–H and O–H groups in total. The first-order valence-electron chi connectivity index (χ1n) is 4.74. The summed E-state index contributed by atoms with van der Waals surface area (Å²) >= 11 is 0. The molecule has 0 radical (unpaired) electrons. The Kier molecular flexibility index (Phi) is 16.1. The van der Waals surface area contributed by atoms with Crippen LogP contribution < -0.4 is 0 Å². The first-order chi connectivity index (χ1) is 6.18. The van der Waals surface area contributed by atoms with E-state index < -0.39 is 0 Å². The highest BCUT2D eigenvalue weighted by molar-refractivity contribution is 4.87. The van der Waals surface area contributed by atoms with E-state index in [2.05, 4.69) is 12.3 Å². The lowest BCUT2D eigenvalue weighted by Gasteiger charge is -1.93. The van der Waals surface area contributed by atoms with Crippen LogP contribution in [0.1, 0.15) is 39.5 Å². The van der Waals surface area contributed by atoms with Crippen LogP contribution in [-0.2, 0) is 0 Å². The van der Waals surface area contributed by atoms with Crippen molar-refractivity contribution in [2.75, 3.05) is 13.2 Å². The first kappa shape index (κ1) is 14.9. The van der Waals surface area contributed by atoms with Crippen molar-refractivity contribution in [3.8, 4) is 0 Å². The number of rotatable bonds is 5. The predicted octanol–water partition coefficient (Wildman–Crippen LogP) is 2.27. The molecule has 0 aromatic rings. The lowest BCUT2D eigenvalue weighted by Crippen LogP contribution is -1.85. The van der Waals surface area contributed by atoms with E-state index in [1.54, 1.807) is 0 Å². The molecule has 0 aliphatic carbocycles. The summed E-state index contributed by atoms with van der Waals surface area (Å²) in [5.41, 5.74) is 3.84. The summed E-state index contributed by atoms with van der Waals surface area (Å²) in [6.45, 7) is 7.90. The van der Waals surface area contributed by atoms with Crippen molar-refractivity contribution in [3.05, 3.63) is 17.9 Å². The Morgan fingerprint density at radius 2 is 1.31 bits per heavy atom. The van der Waals surface area contributed by atoms with Crippen molar-refractivity contribution in [1.29, 1.82) is 0 Å². The van der Waals surface area contributed by atoms with Crippen LogP contribution in [0.5, 0.6) is 0 Å². The monoisotopic (exact) mass is 186 g/mol. The number of hydrogen-bond donors (Lipinski definition) is 2. The highest BCUT2D eigenvalue weighted by Gasteiger charge is 1.84. The molecule has 0 amide bonds. The lowest BCUT2D eigenvalue weighted by atomic mass is 10.2. The van der Waals surface area contributed by atoms with Gasteiger partial charge in [0.1, 0.15) is 0 Å². The molecule has 0 aromatic carbocycles. The molecule has 2 nitrogen and oxygen atoms in total. The predicted molar refractivity (Wildman–Crippen MR) is 56.6 cm³/mol. The van der Waals surface area contributed by atoms with Gasteiger partial charge in [0.2, 0.25) is 0 Å². The van der Waals surface area contributed by atoms with Crippen molar-refractivity contribution < 1.29 is 10.2 Å². The highest BCUT2D eigenvalue weighted by Crippen LogP contribution is 1.96. The fraction of sp³-hybridized carbons (Fsp3) is 0.727. The second-order valence-corrected chi connectivity index (χ2v) is 3.04. The summed E-state index contributed by atoms with van der Waals surface area (Å²) in [6.07, 6.45) is 3.83. The molecule has 0 aromatic heterocycles. The van der Waals surface area contributed by atoms with Crippen LogP contribution in [-0.4, -0.2) is 23.4 Å². The van der Waals surface area contributed by atoms with Gasteiger partial charge in [0, 0.05) is 13.2 Å². The maximum absolute atomic E-state index is 8.30. The van der Waals surface area contributed by atoms with E-state index in [-0.39, 0.29) is 13.2 Å². The number of unbranched alkanes of at least 4 members (excludes halogenated alkanes) is 3. The van der Waals surface area contributed by atoms with Gasteiger partial charge in [-0.3, -0.25) is 0 Å². The van der Waals surface area contributed by atoms with E-state index >= 15 is 0 Å². The third-order valence-corrected chi connectivity index (χ3v) is 1.42. The Morgan fingerprint density at radius 3 is 1.46 bits per heavy atom. The van der Waals surface area contributed by atoms with E-state index in [1.165, 1.54) is 0 Å². The Bertz CT molecular complexity index is 125. The molecule has 0 atom stereocenters. The van der Waals surface area contributed by atoms with Gasteiger partial charge in [0.05, 0.1) is 0 Å². The molecule has 0 unspecified atom stereocenters. The molecule has 0 heterocycles. The molecule has 78 valence electrons. The fourth-order valence-corrected chi connectivity index (χ4v) is 0.577. The average molecular weight is 186 g/mol. The second-order valence-electron chi connectivity index (χ2n) is 3.04. The molecule has 0 rings (SSSR count). The SMILES string of the molecule is C=C=C(C)C.OCCCCCCO. The molecular formula is C11H22O2. The topological polar surface area (TPSA) is 40.5 Å². The molecule has 0 saturated heterocycles. The summed E-state index contributed by atoms with van der Waals surface area (Å²) in [5.74, 6) is 0. The molecule has 0 spiro atoms. The van der Waals surface area contributed by atoms with Crippen LogP contribution in [0.25, 0.3) is 0 Å². The number of allylic oxidation sites excluding steroid dienone is 1. The van der Waals surface area contributed by atoms with E-state index in [4.69, 9.17) is 10.2 Å². The van der Waals surface area contributed by atoms with Gasteiger partial charge in [0.15, 0.2) is 0 Å². The highest BCUT2D eigenvalue weighted by atomic mass is 16.3. The quantitative estimate of drug-likeness (QED) is 0.511. The van der Waals surface area contributed by atoms with Crippen molar-refractivity contribution in [3.63, 3.8) is 0 Å². The summed E-state index contributed by atoms with van der Waals surface area (Å²) in [4.78, 5) is 0. The van der Waals surface area contributed by atoms with Crippen LogP contribution in [0.15, 0.2) is 17.9 Å². The summed E-state index contributed by atoms with van der Waals surface area (Å²) in [5, 5.41) is 16.6. The van der Waals surface area contributed by atoms with Gasteiger partial charge < -0.3 is 10.2 Å². The van der Waals surface area contributed by atoms with Gasteiger partial charge >= 0.3 is 0 Å². The lowest BCUT2D eigenvalue weighted by molar-refractivity contribution is 0.265.